The summed E-state index contributed by atoms with van der Waals surface area (Å²) in [5.74, 6) is 2.03. The summed E-state index contributed by atoms with van der Waals surface area (Å²) in [5, 5.41) is 0. The lowest BCUT2D eigenvalue weighted by atomic mass is 9.78. The zero-order chi connectivity index (χ0) is 26.2. The minimum atomic E-state index is -0.673. The van der Waals surface area contributed by atoms with Crippen LogP contribution in [0.5, 0.6) is 0 Å². The Morgan fingerprint density at radius 1 is 0.600 bits per heavy atom. The van der Waals surface area contributed by atoms with Crippen LogP contribution >= 0.6 is 0 Å². The maximum atomic E-state index is 12.8. The molecule has 6 heteroatoms. The van der Waals surface area contributed by atoms with Gasteiger partial charge in [-0.2, -0.15) is 0 Å². The predicted octanol–water partition coefficient (Wildman–Crippen LogP) is 5.86. The van der Waals surface area contributed by atoms with Crippen LogP contribution in [0.15, 0.2) is 0 Å². The van der Waals surface area contributed by atoms with Crippen LogP contribution in [0.2, 0.25) is 0 Å². The highest BCUT2D eigenvalue weighted by Gasteiger charge is 2.50. The van der Waals surface area contributed by atoms with E-state index < -0.39 is 12.4 Å². The summed E-state index contributed by atoms with van der Waals surface area (Å²) in [5.41, 5.74) is 0. The first-order valence-corrected chi connectivity index (χ1v) is 14.2. The number of rotatable bonds is 7. The average molecular weight is 497 g/mol. The number of ketones is 1. The van der Waals surface area contributed by atoms with E-state index in [2.05, 4.69) is 69.2 Å². The van der Waals surface area contributed by atoms with E-state index in [1.54, 1.807) is 6.92 Å². The Morgan fingerprint density at radius 2 is 1.11 bits per heavy atom. The molecule has 0 N–H and O–H groups in total. The Morgan fingerprint density at radius 3 is 1.69 bits per heavy atom. The lowest BCUT2D eigenvalue weighted by molar-refractivity contribution is -0.333. The van der Waals surface area contributed by atoms with Crippen molar-refractivity contribution in [3.05, 3.63) is 0 Å². The van der Waals surface area contributed by atoms with Crippen molar-refractivity contribution in [3.63, 3.8) is 0 Å². The molecule has 0 aliphatic carbocycles. The van der Waals surface area contributed by atoms with Crippen molar-refractivity contribution in [2.24, 2.45) is 41.4 Å². The number of hydrogen-bond donors (Lipinski definition) is 0. The van der Waals surface area contributed by atoms with E-state index >= 15 is 0 Å². The normalized spacial score (nSPS) is 51.2. The van der Waals surface area contributed by atoms with E-state index in [4.69, 9.17) is 23.7 Å². The van der Waals surface area contributed by atoms with Crippen molar-refractivity contribution >= 4 is 5.78 Å². The molecule has 7 unspecified atom stereocenters. The molecule has 3 fully saturated rings. The zero-order valence-corrected chi connectivity index (χ0v) is 24.0. The first kappa shape index (κ1) is 29.0. The molecule has 0 saturated carbocycles. The molecule has 3 heterocycles. The van der Waals surface area contributed by atoms with Gasteiger partial charge in [-0.3, -0.25) is 4.79 Å². The summed E-state index contributed by atoms with van der Waals surface area (Å²) in [7, 11) is 0. The van der Waals surface area contributed by atoms with Gasteiger partial charge in [-0.25, -0.2) is 0 Å². The van der Waals surface area contributed by atoms with Gasteiger partial charge in [0.15, 0.2) is 18.4 Å². The molecule has 0 aromatic rings. The van der Waals surface area contributed by atoms with Crippen LogP contribution in [0, 0.1) is 41.4 Å². The van der Waals surface area contributed by atoms with Crippen molar-refractivity contribution in [2.45, 2.75) is 138 Å². The zero-order valence-electron chi connectivity index (χ0n) is 24.0. The highest BCUT2D eigenvalue weighted by Crippen LogP contribution is 2.42. The highest BCUT2D eigenvalue weighted by molar-refractivity contribution is 5.81. The Labute approximate surface area is 214 Å². The summed E-state index contributed by atoms with van der Waals surface area (Å²) in [6, 6.07) is 0. The van der Waals surface area contributed by atoms with Crippen molar-refractivity contribution in [1.82, 2.24) is 0 Å². The molecule has 0 spiro atoms. The van der Waals surface area contributed by atoms with Crippen LogP contribution in [0.4, 0.5) is 0 Å². The van der Waals surface area contributed by atoms with Gasteiger partial charge in [-0.05, 0) is 56.3 Å². The van der Waals surface area contributed by atoms with Crippen LogP contribution in [-0.4, -0.2) is 55.0 Å². The fourth-order valence-corrected chi connectivity index (χ4v) is 6.35. The second-order valence-electron chi connectivity index (χ2n) is 12.0. The van der Waals surface area contributed by atoms with Gasteiger partial charge in [0.05, 0.1) is 30.5 Å². The van der Waals surface area contributed by atoms with Gasteiger partial charge in [-0.15, -0.1) is 0 Å². The molecule has 15 atom stereocenters. The molecule has 0 aromatic carbocycles. The maximum absolute atomic E-state index is 12.8. The Bertz CT molecular complexity index is 695. The first-order chi connectivity index (χ1) is 16.4. The van der Waals surface area contributed by atoms with Crippen molar-refractivity contribution in [1.29, 1.82) is 0 Å². The molecule has 204 valence electrons. The largest absolute Gasteiger partial charge is 0.372 e. The van der Waals surface area contributed by atoms with E-state index in [-0.39, 0.29) is 60.3 Å². The molecule has 0 bridgehead atoms. The van der Waals surface area contributed by atoms with Gasteiger partial charge in [0.2, 0.25) is 0 Å². The fraction of sp³-hybridized carbons (Fsp3) is 0.966. The smallest absolute Gasteiger partial charge is 0.162 e. The molecule has 35 heavy (non-hydrogen) atoms. The van der Waals surface area contributed by atoms with Crippen molar-refractivity contribution in [2.75, 3.05) is 0 Å². The molecule has 0 amide bonds. The third-order valence-corrected chi connectivity index (χ3v) is 9.97. The minimum absolute atomic E-state index is 0.0259. The third-order valence-electron chi connectivity index (χ3n) is 9.97. The van der Waals surface area contributed by atoms with Crippen molar-refractivity contribution < 1.29 is 28.5 Å². The van der Waals surface area contributed by atoms with Crippen LogP contribution in [0.25, 0.3) is 0 Å². The molecule has 3 aliphatic heterocycles. The topological polar surface area (TPSA) is 63.2 Å². The molecule has 3 aliphatic rings. The number of carbonyl (C=O) groups excluding carboxylic acids is 1. The second kappa shape index (κ2) is 11.9. The van der Waals surface area contributed by atoms with Gasteiger partial charge in [0.1, 0.15) is 6.10 Å². The van der Waals surface area contributed by atoms with Gasteiger partial charge >= 0.3 is 0 Å². The first-order valence-electron chi connectivity index (χ1n) is 14.2. The third kappa shape index (κ3) is 5.82. The number of ether oxygens (including phenoxy) is 5. The molecule has 3 rings (SSSR count). The van der Waals surface area contributed by atoms with Crippen LogP contribution in [-0.2, 0) is 28.5 Å². The summed E-state index contributed by atoms with van der Waals surface area (Å²) in [4.78, 5) is 12.8. The van der Waals surface area contributed by atoms with Gasteiger partial charge < -0.3 is 23.7 Å². The van der Waals surface area contributed by atoms with Crippen LogP contribution in [0.3, 0.4) is 0 Å². The molecular formula is C29H52O6. The molecular weight excluding hydrogens is 444 g/mol. The Balaban J connectivity index is 1.77. The summed E-state index contributed by atoms with van der Waals surface area (Å²) < 4.78 is 32.4. The number of hydrogen-bond acceptors (Lipinski definition) is 6. The van der Waals surface area contributed by atoms with Crippen LogP contribution < -0.4 is 0 Å². The average Bonchev–Trinajstić information content (AvgIpc) is 2.83. The minimum Gasteiger partial charge on any atom is -0.372 e. The van der Waals surface area contributed by atoms with Crippen LogP contribution in [0.1, 0.15) is 89.0 Å². The molecule has 3 saturated heterocycles. The summed E-state index contributed by atoms with van der Waals surface area (Å²) in [6.45, 7) is 23.6. The fourth-order valence-electron chi connectivity index (χ4n) is 6.35. The van der Waals surface area contributed by atoms with Gasteiger partial charge in [0, 0.05) is 11.8 Å². The van der Waals surface area contributed by atoms with E-state index in [1.165, 1.54) is 0 Å². The van der Waals surface area contributed by atoms with Crippen molar-refractivity contribution in [3.8, 4) is 0 Å². The predicted molar refractivity (Wildman–Crippen MR) is 137 cm³/mol. The lowest BCUT2D eigenvalue weighted by Crippen LogP contribution is -2.59. The second-order valence-corrected chi connectivity index (χ2v) is 12.0. The van der Waals surface area contributed by atoms with E-state index in [1.807, 2.05) is 0 Å². The van der Waals surface area contributed by atoms with E-state index in [0.717, 1.165) is 12.8 Å². The summed E-state index contributed by atoms with van der Waals surface area (Å²) in [6.07, 6.45) is 0.314. The molecule has 6 nitrogen and oxygen atoms in total. The Kier molecular flexibility index (Phi) is 9.87. The molecule has 0 aromatic heterocycles. The maximum Gasteiger partial charge on any atom is 0.162 e. The Hall–Kier alpha value is -0.530. The molecule has 0 radical (unpaired) electrons. The SMILES string of the molecule is CCC1O[C@@H](O[C@H]2C(C(C)=O)O[C@@H](O[C@H]3C(CC)OC(C)C(C)[C@H]3C)C(C)[C@@H]2C)C(C)[C@@H](C)[C@H]1C. The standard InChI is InChI=1S/C29H52O6/c1-12-23-16(5)14(3)19(8)28(32-23)34-26-18(7)20(9)29(35-27(26)21(10)30)33-25-17(6)15(4)22(11)31-24(25)13-2/h14-20,22-29H,12-13H2,1-11H3/t14-,15?,16+,17+,18-,19?,20?,22?,23?,24?,25+,26+,27?,28-,29+/m0/s1. The van der Waals surface area contributed by atoms with E-state index in [0.29, 0.717) is 23.7 Å². The number of Topliss-reactive ketones (excluding diaryl/α,β-unsaturated/α-hetero) is 1. The lowest BCUT2D eigenvalue weighted by Gasteiger charge is -2.50. The summed E-state index contributed by atoms with van der Waals surface area (Å²) >= 11 is 0. The quantitative estimate of drug-likeness (QED) is 0.440. The van der Waals surface area contributed by atoms with Gasteiger partial charge in [0.25, 0.3) is 0 Å². The van der Waals surface area contributed by atoms with E-state index in [9.17, 15) is 4.79 Å². The van der Waals surface area contributed by atoms with Gasteiger partial charge in [-0.1, -0.05) is 62.3 Å². The highest BCUT2D eigenvalue weighted by atomic mass is 16.7. The number of carbonyl (C=O) groups is 1. The monoisotopic (exact) mass is 496 g/mol.